The van der Waals surface area contributed by atoms with Crippen LogP contribution in [0.25, 0.3) is 0 Å². The van der Waals surface area contributed by atoms with Crippen LogP contribution in [0.4, 0.5) is 0 Å². The normalized spacial score (nSPS) is 25.9. The first-order valence-corrected chi connectivity index (χ1v) is 4.47. The van der Waals surface area contributed by atoms with Crippen molar-refractivity contribution in [2.75, 3.05) is 0 Å². The van der Waals surface area contributed by atoms with Gasteiger partial charge >= 0.3 is 5.97 Å². The number of hydrogen-bond donors (Lipinski definition) is 1. The van der Waals surface area contributed by atoms with Crippen LogP contribution in [0.15, 0.2) is 16.5 Å². The smallest absolute Gasteiger partial charge is 0.311 e. The Balaban J connectivity index is 2.05. The number of carbonyl (C=O) groups is 1. The third kappa shape index (κ3) is 1.74. The second kappa shape index (κ2) is 2.91. The fourth-order valence-electron chi connectivity index (χ4n) is 1.56. The predicted molar refractivity (Wildman–Crippen MR) is 46.6 cm³/mol. The molecule has 1 aromatic heterocycles. The number of hydrogen-bond acceptors (Lipinski definition) is 2. The summed E-state index contributed by atoms with van der Waals surface area (Å²) in [4.78, 5) is 10.4. The van der Waals surface area contributed by atoms with Crippen molar-refractivity contribution >= 4 is 5.97 Å². The van der Waals surface area contributed by atoms with E-state index < -0.39 is 5.97 Å². The Kier molecular flexibility index (Phi) is 1.87. The molecule has 1 aromatic rings. The van der Waals surface area contributed by atoms with Crippen molar-refractivity contribution in [2.24, 2.45) is 5.92 Å². The molecule has 0 aliphatic heterocycles. The summed E-state index contributed by atoms with van der Waals surface area (Å²) in [6.45, 7) is 2.17. The van der Waals surface area contributed by atoms with E-state index in [2.05, 4.69) is 6.92 Å². The van der Waals surface area contributed by atoms with Crippen LogP contribution in [0.5, 0.6) is 0 Å². The average molecular weight is 180 g/mol. The summed E-state index contributed by atoms with van der Waals surface area (Å²) in [5, 5.41) is 8.52. The lowest BCUT2D eigenvalue weighted by Crippen LogP contribution is -1.97. The first-order valence-electron chi connectivity index (χ1n) is 4.47. The van der Waals surface area contributed by atoms with Gasteiger partial charge in [0.2, 0.25) is 0 Å². The first kappa shape index (κ1) is 8.35. The van der Waals surface area contributed by atoms with Crippen molar-refractivity contribution in [3.8, 4) is 0 Å². The Labute approximate surface area is 76.4 Å². The number of furan rings is 1. The second-order valence-corrected chi connectivity index (χ2v) is 3.69. The van der Waals surface area contributed by atoms with Gasteiger partial charge in [-0.05, 0) is 24.5 Å². The molecule has 0 aromatic carbocycles. The van der Waals surface area contributed by atoms with Gasteiger partial charge in [-0.25, -0.2) is 0 Å². The maximum absolute atomic E-state index is 10.4. The molecular formula is C10H12O3. The highest BCUT2D eigenvalue weighted by atomic mass is 16.4. The fourth-order valence-corrected chi connectivity index (χ4v) is 1.56. The highest BCUT2D eigenvalue weighted by molar-refractivity contribution is 5.69. The largest absolute Gasteiger partial charge is 0.481 e. The lowest BCUT2D eigenvalue weighted by Gasteiger charge is -1.91. The van der Waals surface area contributed by atoms with Gasteiger partial charge in [0.1, 0.15) is 17.9 Å². The molecule has 0 bridgehead atoms. The second-order valence-electron chi connectivity index (χ2n) is 3.69. The topological polar surface area (TPSA) is 50.4 Å². The van der Waals surface area contributed by atoms with Gasteiger partial charge < -0.3 is 9.52 Å². The predicted octanol–water partition coefficient (Wildman–Crippen LogP) is 2.03. The summed E-state index contributed by atoms with van der Waals surface area (Å²) in [7, 11) is 0. The van der Waals surface area contributed by atoms with E-state index in [-0.39, 0.29) is 6.42 Å². The van der Waals surface area contributed by atoms with Gasteiger partial charge in [-0.1, -0.05) is 6.92 Å². The van der Waals surface area contributed by atoms with Gasteiger partial charge in [0.05, 0.1) is 0 Å². The monoisotopic (exact) mass is 180 g/mol. The molecule has 3 nitrogen and oxygen atoms in total. The van der Waals surface area contributed by atoms with Gasteiger partial charge in [-0.2, -0.15) is 0 Å². The molecule has 1 fully saturated rings. The number of carboxylic acid groups (broad SMARTS) is 1. The van der Waals surface area contributed by atoms with E-state index in [1.54, 1.807) is 6.07 Å². The van der Waals surface area contributed by atoms with Crippen molar-refractivity contribution in [2.45, 2.75) is 25.7 Å². The quantitative estimate of drug-likeness (QED) is 0.774. The van der Waals surface area contributed by atoms with E-state index in [4.69, 9.17) is 9.52 Å². The molecule has 1 heterocycles. The van der Waals surface area contributed by atoms with Crippen molar-refractivity contribution in [3.05, 3.63) is 23.7 Å². The van der Waals surface area contributed by atoms with E-state index in [0.717, 1.165) is 5.76 Å². The molecule has 0 radical (unpaired) electrons. The SMILES string of the molecule is CC1CC1c1ccc(CC(=O)O)o1. The van der Waals surface area contributed by atoms with Gasteiger partial charge in [0.15, 0.2) is 0 Å². The Hall–Kier alpha value is -1.25. The van der Waals surface area contributed by atoms with E-state index in [1.165, 1.54) is 6.42 Å². The summed E-state index contributed by atoms with van der Waals surface area (Å²) in [6, 6.07) is 3.65. The molecule has 13 heavy (non-hydrogen) atoms. The molecule has 2 unspecified atom stereocenters. The summed E-state index contributed by atoms with van der Waals surface area (Å²) < 4.78 is 5.41. The van der Waals surface area contributed by atoms with Gasteiger partial charge in [0, 0.05) is 5.92 Å². The minimum atomic E-state index is -0.843. The maximum Gasteiger partial charge on any atom is 0.311 e. The fraction of sp³-hybridized carbons (Fsp3) is 0.500. The molecule has 0 saturated heterocycles. The molecular weight excluding hydrogens is 168 g/mol. The summed E-state index contributed by atoms with van der Waals surface area (Å²) in [6.07, 6.45) is 1.15. The maximum atomic E-state index is 10.4. The zero-order valence-corrected chi connectivity index (χ0v) is 7.49. The highest BCUT2D eigenvalue weighted by Crippen LogP contribution is 2.47. The Bertz CT molecular complexity index is 327. The summed E-state index contributed by atoms with van der Waals surface area (Å²) in [5.74, 6) is 1.89. The lowest BCUT2D eigenvalue weighted by atomic mass is 10.3. The van der Waals surface area contributed by atoms with Gasteiger partial charge in [-0.15, -0.1) is 0 Å². The zero-order chi connectivity index (χ0) is 9.42. The van der Waals surface area contributed by atoms with Crippen LogP contribution in [0, 0.1) is 5.92 Å². The van der Waals surface area contributed by atoms with Crippen molar-refractivity contribution in [1.82, 2.24) is 0 Å². The summed E-state index contributed by atoms with van der Waals surface area (Å²) >= 11 is 0. The van der Waals surface area contributed by atoms with Crippen molar-refractivity contribution in [3.63, 3.8) is 0 Å². The van der Waals surface area contributed by atoms with Crippen molar-refractivity contribution < 1.29 is 14.3 Å². The molecule has 1 saturated carbocycles. The Morgan fingerprint density at radius 1 is 1.69 bits per heavy atom. The molecule has 1 aliphatic rings. The summed E-state index contributed by atoms with van der Waals surface area (Å²) in [5.41, 5.74) is 0. The molecule has 1 N–H and O–H groups in total. The van der Waals surface area contributed by atoms with Gasteiger partial charge in [-0.3, -0.25) is 4.79 Å². The van der Waals surface area contributed by atoms with Gasteiger partial charge in [0.25, 0.3) is 0 Å². The molecule has 2 rings (SSSR count). The van der Waals surface area contributed by atoms with E-state index in [0.29, 0.717) is 17.6 Å². The third-order valence-electron chi connectivity index (χ3n) is 2.48. The van der Waals surface area contributed by atoms with Crippen LogP contribution >= 0.6 is 0 Å². The van der Waals surface area contributed by atoms with Crippen LogP contribution in [0.3, 0.4) is 0 Å². The molecule has 1 aliphatic carbocycles. The van der Waals surface area contributed by atoms with Crippen LogP contribution in [0.2, 0.25) is 0 Å². The average Bonchev–Trinajstić information content (AvgIpc) is 2.60. The first-order chi connectivity index (χ1) is 6.16. The molecule has 0 spiro atoms. The molecule has 3 heteroatoms. The lowest BCUT2D eigenvalue weighted by molar-refractivity contribution is -0.136. The van der Waals surface area contributed by atoms with E-state index in [9.17, 15) is 4.79 Å². The molecule has 0 amide bonds. The molecule has 70 valence electrons. The Morgan fingerprint density at radius 3 is 2.92 bits per heavy atom. The number of carboxylic acids is 1. The number of aliphatic carboxylic acids is 1. The minimum Gasteiger partial charge on any atom is -0.481 e. The van der Waals surface area contributed by atoms with Crippen LogP contribution < -0.4 is 0 Å². The van der Waals surface area contributed by atoms with Crippen molar-refractivity contribution in [1.29, 1.82) is 0 Å². The zero-order valence-electron chi connectivity index (χ0n) is 7.49. The number of rotatable bonds is 3. The van der Waals surface area contributed by atoms with E-state index in [1.807, 2.05) is 6.07 Å². The standard InChI is InChI=1S/C10H12O3/c1-6-4-8(6)9-3-2-7(13-9)5-10(11)12/h2-3,6,8H,4-5H2,1H3,(H,11,12). The highest BCUT2D eigenvalue weighted by Gasteiger charge is 2.36. The molecule has 2 atom stereocenters. The minimum absolute atomic E-state index is 0.0128. The Morgan fingerprint density at radius 2 is 2.38 bits per heavy atom. The van der Waals surface area contributed by atoms with Crippen LogP contribution in [0.1, 0.15) is 30.8 Å². The van der Waals surface area contributed by atoms with Crippen LogP contribution in [-0.2, 0) is 11.2 Å². The van der Waals surface area contributed by atoms with E-state index >= 15 is 0 Å². The third-order valence-corrected chi connectivity index (χ3v) is 2.48. The van der Waals surface area contributed by atoms with Crippen LogP contribution in [-0.4, -0.2) is 11.1 Å².